The molecule has 0 radical (unpaired) electrons. The van der Waals surface area contributed by atoms with Crippen molar-refractivity contribution in [2.45, 2.75) is 37.8 Å². The zero-order valence-corrected chi connectivity index (χ0v) is 19.9. The van der Waals surface area contributed by atoms with Crippen LogP contribution in [0.15, 0.2) is 59.4 Å². The van der Waals surface area contributed by atoms with Gasteiger partial charge in [0.05, 0.1) is 11.6 Å². The molecular formula is C27H34N4O4. The number of hydrogen-bond donors (Lipinski definition) is 5. The normalized spacial score (nSPS) is 15.8. The van der Waals surface area contributed by atoms with E-state index < -0.39 is 6.10 Å². The standard InChI is InChI=1S/C27H34N4O4/c32-23-8-6-21(22-7-9-26(35)30-27(22)23)24(33)18-29-20-11-15-31(16-12-20)17-13-25(34)28-14-10-19-4-2-1-3-5-19/h1-9,20,24,29,32-33H,10-18H2,(H,28,34)(H,30,35). The van der Waals surface area contributed by atoms with Crippen molar-refractivity contribution in [3.05, 3.63) is 76.1 Å². The molecule has 1 saturated heterocycles. The number of carbonyl (C=O) groups excluding carboxylic acids is 1. The summed E-state index contributed by atoms with van der Waals surface area (Å²) in [4.78, 5) is 28.7. The number of nitrogens with one attached hydrogen (secondary N) is 3. The van der Waals surface area contributed by atoms with Crippen molar-refractivity contribution in [3.8, 4) is 5.75 Å². The Morgan fingerprint density at radius 2 is 1.86 bits per heavy atom. The molecule has 4 rings (SSSR count). The van der Waals surface area contributed by atoms with E-state index in [0.717, 1.165) is 38.9 Å². The van der Waals surface area contributed by atoms with E-state index in [0.29, 0.717) is 42.0 Å². The molecule has 0 aliphatic carbocycles. The van der Waals surface area contributed by atoms with Gasteiger partial charge in [0.25, 0.3) is 0 Å². The fourth-order valence-corrected chi connectivity index (χ4v) is 4.64. The number of piperidine rings is 1. The summed E-state index contributed by atoms with van der Waals surface area (Å²) >= 11 is 0. The number of aromatic hydroxyl groups is 1. The Kier molecular flexibility index (Phi) is 8.52. The minimum absolute atomic E-state index is 0.0149. The number of benzene rings is 2. The van der Waals surface area contributed by atoms with Crippen molar-refractivity contribution < 1.29 is 15.0 Å². The number of aromatic nitrogens is 1. The minimum atomic E-state index is -0.762. The fourth-order valence-electron chi connectivity index (χ4n) is 4.64. The lowest BCUT2D eigenvalue weighted by molar-refractivity contribution is -0.121. The molecule has 1 fully saturated rings. The van der Waals surface area contributed by atoms with Crippen LogP contribution in [0.3, 0.4) is 0 Å². The molecule has 8 heteroatoms. The number of H-pyrrole nitrogens is 1. The number of pyridine rings is 1. The monoisotopic (exact) mass is 478 g/mol. The average molecular weight is 479 g/mol. The molecule has 1 atom stereocenters. The molecule has 1 aliphatic rings. The Labute approximate surface area is 205 Å². The van der Waals surface area contributed by atoms with Crippen LogP contribution in [0.25, 0.3) is 10.9 Å². The van der Waals surface area contributed by atoms with Crippen molar-refractivity contribution in [1.29, 1.82) is 0 Å². The number of aliphatic hydroxyl groups excluding tert-OH is 1. The quantitative estimate of drug-likeness (QED) is 0.305. The molecule has 186 valence electrons. The smallest absolute Gasteiger partial charge is 0.248 e. The van der Waals surface area contributed by atoms with Crippen LogP contribution >= 0.6 is 0 Å². The molecule has 35 heavy (non-hydrogen) atoms. The third-order valence-electron chi connectivity index (χ3n) is 6.69. The number of aromatic amines is 1. The Bertz CT molecular complexity index is 1170. The number of phenols is 1. The van der Waals surface area contributed by atoms with Gasteiger partial charge in [-0.25, -0.2) is 0 Å². The highest BCUT2D eigenvalue weighted by atomic mass is 16.3. The van der Waals surface area contributed by atoms with E-state index >= 15 is 0 Å². The summed E-state index contributed by atoms with van der Waals surface area (Å²) in [5.41, 5.74) is 1.93. The lowest BCUT2D eigenvalue weighted by Crippen LogP contribution is -2.44. The zero-order valence-electron chi connectivity index (χ0n) is 19.9. The molecule has 0 bridgehead atoms. The maximum atomic E-state index is 12.2. The lowest BCUT2D eigenvalue weighted by atomic mass is 10.0. The molecule has 2 aromatic carbocycles. The Morgan fingerprint density at radius 1 is 1.09 bits per heavy atom. The number of carbonyl (C=O) groups is 1. The van der Waals surface area contributed by atoms with Gasteiger partial charge >= 0.3 is 0 Å². The minimum Gasteiger partial charge on any atom is -0.506 e. The summed E-state index contributed by atoms with van der Waals surface area (Å²) in [5, 5.41) is 27.9. The van der Waals surface area contributed by atoms with Crippen molar-refractivity contribution >= 4 is 16.8 Å². The highest BCUT2D eigenvalue weighted by Gasteiger charge is 2.21. The first-order chi connectivity index (χ1) is 17.0. The van der Waals surface area contributed by atoms with Gasteiger partial charge < -0.3 is 30.7 Å². The van der Waals surface area contributed by atoms with Gasteiger partial charge in [0.1, 0.15) is 5.75 Å². The average Bonchev–Trinajstić information content (AvgIpc) is 2.88. The number of rotatable bonds is 10. The third kappa shape index (κ3) is 6.91. The SMILES string of the molecule is O=C(CCN1CCC(NCC(O)c2ccc(O)c3[nH]c(=O)ccc23)CC1)NCCc1ccccc1. The summed E-state index contributed by atoms with van der Waals surface area (Å²) in [6, 6.07) is 16.6. The van der Waals surface area contributed by atoms with E-state index in [2.05, 4.69) is 32.7 Å². The van der Waals surface area contributed by atoms with Crippen LogP contribution in [-0.4, -0.2) is 64.8 Å². The summed E-state index contributed by atoms with van der Waals surface area (Å²) in [5.74, 6) is 0.0747. The molecule has 1 aromatic heterocycles. The van der Waals surface area contributed by atoms with Crippen LogP contribution in [0.5, 0.6) is 5.75 Å². The van der Waals surface area contributed by atoms with E-state index in [1.807, 2.05) is 18.2 Å². The topological polar surface area (TPSA) is 118 Å². The zero-order chi connectivity index (χ0) is 24.6. The Hall–Kier alpha value is -3.20. The van der Waals surface area contributed by atoms with E-state index in [4.69, 9.17) is 0 Å². The number of phenolic OH excluding ortho intramolecular Hbond substituents is 1. The molecule has 8 nitrogen and oxygen atoms in total. The number of amides is 1. The molecule has 1 unspecified atom stereocenters. The number of aliphatic hydroxyl groups is 1. The molecule has 3 aromatic rings. The number of nitrogens with zero attached hydrogens (tertiary/aromatic N) is 1. The van der Waals surface area contributed by atoms with Crippen LogP contribution < -0.4 is 16.2 Å². The number of likely N-dealkylation sites (tertiary alicyclic amines) is 1. The second kappa shape index (κ2) is 12.0. The van der Waals surface area contributed by atoms with Gasteiger partial charge in [0, 0.05) is 43.5 Å². The summed E-state index contributed by atoms with van der Waals surface area (Å²) in [6.45, 7) is 3.62. The molecule has 0 saturated carbocycles. The van der Waals surface area contributed by atoms with Gasteiger partial charge in [0.15, 0.2) is 0 Å². The maximum Gasteiger partial charge on any atom is 0.248 e. The summed E-state index contributed by atoms with van der Waals surface area (Å²) in [6.07, 6.45) is 2.48. The van der Waals surface area contributed by atoms with Gasteiger partial charge in [0.2, 0.25) is 11.5 Å². The van der Waals surface area contributed by atoms with Crippen molar-refractivity contribution in [2.24, 2.45) is 0 Å². The van der Waals surface area contributed by atoms with Gasteiger partial charge in [-0.3, -0.25) is 9.59 Å². The van der Waals surface area contributed by atoms with Gasteiger partial charge in [-0.2, -0.15) is 0 Å². The molecule has 1 amide bonds. The first kappa shape index (κ1) is 24.9. The van der Waals surface area contributed by atoms with Crippen LogP contribution in [0.4, 0.5) is 0 Å². The molecule has 5 N–H and O–H groups in total. The van der Waals surface area contributed by atoms with Crippen LogP contribution in [0, 0.1) is 0 Å². The second-order valence-corrected chi connectivity index (χ2v) is 9.16. The third-order valence-corrected chi connectivity index (χ3v) is 6.69. The van der Waals surface area contributed by atoms with Crippen molar-refractivity contribution in [2.75, 3.05) is 32.7 Å². The lowest BCUT2D eigenvalue weighted by Gasteiger charge is -2.32. The number of fused-ring (bicyclic) bond motifs is 1. The highest BCUT2D eigenvalue weighted by molar-refractivity contribution is 5.87. The first-order valence-electron chi connectivity index (χ1n) is 12.3. The van der Waals surface area contributed by atoms with E-state index in [9.17, 15) is 19.8 Å². The van der Waals surface area contributed by atoms with E-state index in [1.165, 1.54) is 17.7 Å². The highest BCUT2D eigenvalue weighted by Crippen LogP contribution is 2.28. The van der Waals surface area contributed by atoms with Gasteiger partial charge in [-0.05, 0) is 55.6 Å². The fraction of sp³-hybridized carbons (Fsp3) is 0.407. The van der Waals surface area contributed by atoms with Crippen LogP contribution in [0.1, 0.15) is 36.5 Å². The molecule has 2 heterocycles. The van der Waals surface area contributed by atoms with Crippen molar-refractivity contribution in [1.82, 2.24) is 20.5 Å². The van der Waals surface area contributed by atoms with Gasteiger partial charge in [-0.15, -0.1) is 0 Å². The van der Waals surface area contributed by atoms with Gasteiger partial charge in [-0.1, -0.05) is 36.4 Å². The molecule has 0 spiro atoms. The van der Waals surface area contributed by atoms with E-state index in [-0.39, 0.29) is 17.2 Å². The summed E-state index contributed by atoms with van der Waals surface area (Å²) < 4.78 is 0. The molecular weight excluding hydrogens is 444 g/mol. The second-order valence-electron chi connectivity index (χ2n) is 9.16. The molecule has 1 aliphatic heterocycles. The predicted molar refractivity (Wildman–Crippen MR) is 136 cm³/mol. The largest absolute Gasteiger partial charge is 0.506 e. The predicted octanol–water partition coefficient (Wildman–Crippen LogP) is 2.07. The Balaban J connectivity index is 1.16. The van der Waals surface area contributed by atoms with E-state index in [1.54, 1.807) is 12.1 Å². The summed E-state index contributed by atoms with van der Waals surface area (Å²) in [7, 11) is 0. The van der Waals surface area contributed by atoms with Crippen LogP contribution in [-0.2, 0) is 11.2 Å². The van der Waals surface area contributed by atoms with Crippen molar-refractivity contribution in [3.63, 3.8) is 0 Å². The Morgan fingerprint density at radius 3 is 2.63 bits per heavy atom. The van der Waals surface area contributed by atoms with Crippen LogP contribution in [0.2, 0.25) is 0 Å². The number of hydrogen-bond acceptors (Lipinski definition) is 6. The first-order valence-corrected chi connectivity index (χ1v) is 12.3. The maximum absolute atomic E-state index is 12.2.